The summed E-state index contributed by atoms with van der Waals surface area (Å²) in [4.78, 5) is 16.3. The Morgan fingerprint density at radius 2 is 2.17 bits per heavy atom. The number of nitrogens with zero attached hydrogens (tertiary/aromatic N) is 4. The van der Waals surface area contributed by atoms with Gasteiger partial charge in [-0.1, -0.05) is 11.6 Å². The molecule has 10 heteroatoms. The normalized spacial score (nSPS) is 17.0. The number of hydrogen-bond donors (Lipinski definition) is 1. The molecule has 29 heavy (non-hydrogen) atoms. The quantitative estimate of drug-likeness (QED) is 0.762. The minimum Gasteiger partial charge on any atom is -0.351 e. The predicted molar refractivity (Wildman–Crippen MR) is 105 cm³/mol. The largest absolute Gasteiger partial charge is 0.416 e. The number of benzene rings is 1. The van der Waals surface area contributed by atoms with Gasteiger partial charge in [0.25, 0.3) is 0 Å². The van der Waals surface area contributed by atoms with Crippen molar-refractivity contribution in [2.45, 2.75) is 25.1 Å². The summed E-state index contributed by atoms with van der Waals surface area (Å²) in [7, 11) is 1.79. The molecule has 156 valence electrons. The number of carbonyl (C=O) groups is 1. The third-order valence-corrected chi connectivity index (χ3v) is 5.06. The number of likely N-dealkylation sites (N-methyl/N-ethyl adjacent to an activating group) is 1. The maximum absolute atomic E-state index is 12.9. The summed E-state index contributed by atoms with van der Waals surface area (Å²) in [5, 5.41) is 10.6. The van der Waals surface area contributed by atoms with E-state index in [4.69, 9.17) is 11.6 Å². The van der Waals surface area contributed by atoms with Crippen LogP contribution in [0.15, 0.2) is 36.5 Å². The van der Waals surface area contributed by atoms with Gasteiger partial charge in [0.15, 0.2) is 5.82 Å². The molecule has 1 aromatic carbocycles. The van der Waals surface area contributed by atoms with E-state index < -0.39 is 17.6 Å². The lowest BCUT2D eigenvalue weighted by atomic mass is 10.2. The van der Waals surface area contributed by atoms with Crippen LogP contribution in [0.4, 0.5) is 24.7 Å². The molecule has 1 amide bonds. The highest BCUT2D eigenvalue weighted by molar-refractivity contribution is 6.33. The topological polar surface area (TPSA) is 61.4 Å². The molecule has 0 aliphatic carbocycles. The third kappa shape index (κ3) is 5.57. The van der Waals surface area contributed by atoms with Gasteiger partial charge in [0, 0.05) is 25.3 Å². The van der Waals surface area contributed by atoms with E-state index in [1.807, 2.05) is 17.0 Å². The lowest BCUT2D eigenvalue weighted by Crippen LogP contribution is -2.42. The lowest BCUT2D eigenvalue weighted by Gasteiger charge is -2.29. The van der Waals surface area contributed by atoms with Crippen molar-refractivity contribution in [1.29, 1.82) is 0 Å². The molecule has 0 saturated carbocycles. The summed E-state index contributed by atoms with van der Waals surface area (Å²) in [6, 6.07) is 6.75. The summed E-state index contributed by atoms with van der Waals surface area (Å²) in [6.45, 7) is 1.50. The van der Waals surface area contributed by atoms with Gasteiger partial charge in [-0.05, 0) is 50.2 Å². The molecule has 1 aromatic heterocycles. The smallest absolute Gasteiger partial charge is 0.351 e. The van der Waals surface area contributed by atoms with Gasteiger partial charge >= 0.3 is 6.18 Å². The molecule has 0 radical (unpaired) electrons. The first-order valence-electron chi connectivity index (χ1n) is 9.13. The number of hydrogen-bond acceptors (Lipinski definition) is 5. The van der Waals surface area contributed by atoms with Crippen LogP contribution in [0.2, 0.25) is 5.02 Å². The van der Waals surface area contributed by atoms with Crippen LogP contribution < -0.4 is 10.2 Å². The van der Waals surface area contributed by atoms with Crippen LogP contribution in [0.25, 0.3) is 0 Å². The van der Waals surface area contributed by atoms with E-state index in [0.717, 1.165) is 43.4 Å². The Labute approximate surface area is 171 Å². The molecule has 0 bridgehead atoms. The van der Waals surface area contributed by atoms with Crippen LogP contribution in [-0.4, -0.2) is 53.7 Å². The molecule has 1 saturated heterocycles. The Morgan fingerprint density at radius 3 is 2.86 bits per heavy atom. The van der Waals surface area contributed by atoms with Gasteiger partial charge < -0.3 is 10.2 Å². The van der Waals surface area contributed by atoms with Gasteiger partial charge in [0.1, 0.15) is 0 Å². The number of carbonyl (C=O) groups excluding carboxylic acids is 1. The minimum atomic E-state index is -4.51. The summed E-state index contributed by atoms with van der Waals surface area (Å²) in [5.74, 6) is 0.362. The summed E-state index contributed by atoms with van der Waals surface area (Å²) in [5.41, 5.74) is -0.918. The molecule has 6 nitrogen and oxygen atoms in total. The minimum absolute atomic E-state index is 0.0252. The summed E-state index contributed by atoms with van der Waals surface area (Å²) < 4.78 is 38.6. The Balaban J connectivity index is 1.58. The molecule has 2 heterocycles. The van der Waals surface area contributed by atoms with Crippen molar-refractivity contribution in [3.63, 3.8) is 0 Å². The number of halogens is 4. The van der Waals surface area contributed by atoms with Crippen molar-refractivity contribution < 1.29 is 18.0 Å². The van der Waals surface area contributed by atoms with E-state index in [9.17, 15) is 18.0 Å². The van der Waals surface area contributed by atoms with Gasteiger partial charge in [-0.25, -0.2) is 0 Å². The maximum Gasteiger partial charge on any atom is 0.416 e. The first-order valence-corrected chi connectivity index (χ1v) is 9.51. The van der Waals surface area contributed by atoms with Crippen molar-refractivity contribution in [3.05, 3.63) is 47.1 Å². The molecule has 1 atom stereocenters. The molecule has 1 aliphatic heterocycles. The molecule has 1 aliphatic rings. The second-order valence-electron chi connectivity index (χ2n) is 7.01. The summed E-state index contributed by atoms with van der Waals surface area (Å²) >= 11 is 5.94. The van der Waals surface area contributed by atoms with E-state index in [0.29, 0.717) is 6.54 Å². The van der Waals surface area contributed by atoms with Crippen molar-refractivity contribution in [1.82, 2.24) is 15.1 Å². The molecule has 1 fully saturated rings. The Morgan fingerprint density at radius 1 is 1.38 bits per heavy atom. The highest BCUT2D eigenvalue weighted by Gasteiger charge is 2.31. The first kappa shape index (κ1) is 21.3. The molecular weight excluding hydrogens is 407 g/mol. The zero-order valence-electron chi connectivity index (χ0n) is 15.8. The van der Waals surface area contributed by atoms with E-state index in [1.165, 1.54) is 0 Å². The van der Waals surface area contributed by atoms with E-state index in [2.05, 4.69) is 20.4 Å². The molecule has 0 spiro atoms. The van der Waals surface area contributed by atoms with Crippen LogP contribution in [-0.2, 0) is 11.0 Å². The SMILES string of the molecule is CN(CC(=O)Nc1cc(C(F)(F)F)ccc1Cl)CC1CCCN1c1cccnn1. The van der Waals surface area contributed by atoms with Crippen molar-refractivity contribution in [3.8, 4) is 0 Å². The van der Waals surface area contributed by atoms with Crippen molar-refractivity contribution >= 4 is 29.0 Å². The number of aromatic nitrogens is 2. The van der Waals surface area contributed by atoms with Crippen LogP contribution in [0.1, 0.15) is 18.4 Å². The molecular formula is C19H21ClF3N5O. The van der Waals surface area contributed by atoms with Crippen molar-refractivity contribution in [2.24, 2.45) is 0 Å². The van der Waals surface area contributed by atoms with Crippen LogP contribution in [0.3, 0.4) is 0 Å². The average molecular weight is 428 g/mol. The standard InChI is InChI=1S/C19H21ClF3N5O/c1-27(11-14-4-3-9-28(14)17-5-2-8-24-26-17)12-18(29)25-16-10-13(19(21,22)23)6-7-15(16)20/h2,5-8,10,14H,3-4,9,11-12H2,1H3,(H,25,29). The fraction of sp³-hybridized carbons (Fsp3) is 0.421. The zero-order chi connectivity index (χ0) is 21.0. The number of rotatable bonds is 6. The van der Waals surface area contributed by atoms with Gasteiger partial charge in [-0.15, -0.1) is 5.10 Å². The Bertz CT molecular complexity index is 849. The van der Waals surface area contributed by atoms with E-state index in [-0.39, 0.29) is 23.3 Å². The lowest BCUT2D eigenvalue weighted by molar-refractivity contribution is -0.137. The highest BCUT2D eigenvalue weighted by atomic mass is 35.5. The third-order valence-electron chi connectivity index (χ3n) is 4.73. The molecule has 3 rings (SSSR count). The van der Waals surface area contributed by atoms with Gasteiger partial charge in [-0.2, -0.15) is 18.3 Å². The van der Waals surface area contributed by atoms with Gasteiger partial charge in [-0.3, -0.25) is 9.69 Å². The van der Waals surface area contributed by atoms with Crippen LogP contribution in [0.5, 0.6) is 0 Å². The van der Waals surface area contributed by atoms with Crippen molar-refractivity contribution in [2.75, 3.05) is 36.9 Å². The van der Waals surface area contributed by atoms with Crippen LogP contribution in [0, 0.1) is 0 Å². The predicted octanol–water partition coefficient (Wildman–Crippen LogP) is 3.69. The second-order valence-corrected chi connectivity index (χ2v) is 7.42. The van der Waals surface area contributed by atoms with Gasteiger partial charge in [0.05, 0.1) is 22.8 Å². The fourth-order valence-electron chi connectivity index (χ4n) is 3.43. The average Bonchev–Trinajstić information content (AvgIpc) is 3.11. The number of amides is 1. The molecule has 2 aromatic rings. The van der Waals surface area contributed by atoms with E-state index in [1.54, 1.807) is 13.2 Å². The Hall–Kier alpha value is -2.39. The highest BCUT2D eigenvalue weighted by Crippen LogP contribution is 2.33. The van der Waals surface area contributed by atoms with Crippen LogP contribution >= 0.6 is 11.6 Å². The number of anilines is 2. The van der Waals surface area contributed by atoms with Gasteiger partial charge in [0.2, 0.25) is 5.91 Å². The molecule has 1 N–H and O–H groups in total. The second kappa shape index (κ2) is 8.96. The first-order chi connectivity index (χ1) is 13.7. The fourth-order valence-corrected chi connectivity index (χ4v) is 3.60. The molecule has 1 unspecified atom stereocenters. The maximum atomic E-state index is 12.9. The number of alkyl halides is 3. The summed E-state index contributed by atoms with van der Waals surface area (Å²) in [6.07, 6.45) is -0.916. The monoisotopic (exact) mass is 427 g/mol. The number of nitrogens with one attached hydrogen (secondary N) is 1. The zero-order valence-corrected chi connectivity index (χ0v) is 16.5. The van der Waals surface area contributed by atoms with E-state index >= 15 is 0 Å². The Kier molecular flexibility index (Phi) is 6.59.